The summed E-state index contributed by atoms with van der Waals surface area (Å²) in [6.45, 7) is 0. The van der Waals surface area contributed by atoms with Crippen LogP contribution >= 0.6 is 23.2 Å². The predicted molar refractivity (Wildman–Crippen MR) is 71.0 cm³/mol. The van der Waals surface area contributed by atoms with Gasteiger partial charge in [0.05, 0.1) is 22.9 Å². The van der Waals surface area contributed by atoms with Crippen LogP contribution in [-0.4, -0.2) is 37.2 Å². The molecule has 98 valence electrons. The Morgan fingerprint density at radius 3 is 2.33 bits per heavy atom. The predicted octanol–water partition coefficient (Wildman–Crippen LogP) is 1.47. The zero-order valence-electron chi connectivity index (χ0n) is 9.27. The molecule has 0 spiro atoms. The van der Waals surface area contributed by atoms with Gasteiger partial charge < -0.3 is 5.32 Å². The number of sulfone groups is 1. The molecular weight excluding hydrogens is 297 g/mol. The number of amides is 1. The molecule has 1 aliphatic heterocycles. The highest BCUT2D eigenvalue weighted by Gasteiger charge is 2.37. The molecule has 1 aromatic rings. The summed E-state index contributed by atoms with van der Waals surface area (Å²) in [5.74, 6) is -0.555. The first-order chi connectivity index (χ1) is 8.37. The highest BCUT2D eigenvalue weighted by molar-refractivity contribution is 7.91. The van der Waals surface area contributed by atoms with E-state index in [0.29, 0.717) is 10.6 Å². The van der Waals surface area contributed by atoms with Gasteiger partial charge >= 0.3 is 0 Å². The highest BCUT2D eigenvalue weighted by atomic mass is 35.5. The van der Waals surface area contributed by atoms with Crippen LogP contribution in [-0.2, 0) is 9.84 Å². The summed E-state index contributed by atoms with van der Waals surface area (Å²) in [5.41, 5.74) is 0.424. The summed E-state index contributed by atoms with van der Waals surface area (Å²) in [4.78, 5) is 11.9. The van der Waals surface area contributed by atoms with Crippen molar-refractivity contribution in [2.24, 2.45) is 0 Å². The Hall–Kier alpha value is -0.780. The maximum absolute atomic E-state index is 11.9. The summed E-state index contributed by atoms with van der Waals surface area (Å²) in [6, 6.07) is 5.80. The Kier molecular flexibility index (Phi) is 3.84. The van der Waals surface area contributed by atoms with E-state index in [1.807, 2.05) is 0 Å². The largest absolute Gasteiger partial charge is 0.347 e. The van der Waals surface area contributed by atoms with E-state index in [9.17, 15) is 13.2 Å². The molecule has 0 unspecified atom stereocenters. The van der Waals surface area contributed by atoms with Crippen LogP contribution < -0.4 is 5.32 Å². The maximum Gasteiger partial charge on any atom is 0.251 e. The van der Waals surface area contributed by atoms with E-state index in [4.69, 9.17) is 23.2 Å². The molecule has 1 amide bonds. The maximum atomic E-state index is 11.9. The normalized spacial score (nSPS) is 25.9. The van der Waals surface area contributed by atoms with Crippen molar-refractivity contribution in [1.82, 2.24) is 5.32 Å². The van der Waals surface area contributed by atoms with Crippen LogP contribution in [0.15, 0.2) is 24.3 Å². The van der Waals surface area contributed by atoms with Gasteiger partial charge in [-0.15, -0.1) is 11.6 Å². The Morgan fingerprint density at radius 1 is 1.22 bits per heavy atom. The smallest absolute Gasteiger partial charge is 0.251 e. The average molecular weight is 308 g/mol. The quantitative estimate of drug-likeness (QED) is 0.842. The van der Waals surface area contributed by atoms with Crippen LogP contribution in [0.1, 0.15) is 10.4 Å². The lowest BCUT2D eigenvalue weighted by molar-refractivity contribution is 0.0941. The molecule has 1 heterocycles. The zero-order valence-corrected chi connectivity index (χ0v) is 11.6. The molecule has 2 atom stereocenters. The van der Waals surface area contributed by atoms with E-state index in [1.54, 1.807) is 24.3 Å². The lowest BCUT2D eigenvalue weighted by Gasteiger charge is -2.14. The summed E-state index contributed by atoms with van der Waals surface area (Å²) in [7, 11) is -3.15. The van der Waals surface area contributed by atoms with Crippen LogP contribution in [0.25, 0.3) is 0 Å². The number of halogens is 2. The number of carbonyl (C=O) groups excluding carboxylic acids is 1. The molecule has 2 rings (SSSR count). The summed E-state index contributed by atoms with van der Waals surface area (Å²) in [5, 5.41) is 2.58. The fourth-order valence-corrected chi connectivity index (χ4v) is 4.47. The average Bonchev–Trinajstić information content (AvgIpc) is 2.52. The zero-order chi connectivity index (χ0) is 13.3. The second-order valence-corrected chi connectivity index (χ2v) is 7.33. The third-order valence-electron chi connectivity index (χ3n) is 2.71. The lowest BCUT2D eigenvalue weighted by Crippen LogP contribution is -2.40. The van der Waals surface area contributed by atoms with Gasteiger partial charge in [0.25, 0.3) is 5.91 Å². The minimum atomic E-state index is -3.15. The van der Waals surface area contributed by atoms with Crippen molar-refractivity contribution in [2.45, 2.75) is 11.4 Å². The molecule has 7 heteroatoms. The van der Waals surface area contributed by atoms with Gasteiger partial charge in [-0.05, 0) is 24.3 Å². The minimum absolute atomic E-state index is 0.0971. The molecule has 18 heavy (non-hydrogen) atoms. The molecule has 1 fully saturated rings. The van der Waals surface area contributed by atoms with Gasteiger partial charge in [0.15, 0.2) is 9.84 Å². The summed E-state index contributed by atoms with van der Waals surface area (Å²) in [6.07, 6.45) is 0. The molecule has 4 nitrogen and oxygen atoms in total. The number of alkyl halides is 1. The molecule has 0 saturated carbocycles. The van der Waals surface area contributed by atoms with Crippen LogP contribution in [0.2, 0.25) is 5.02 Å². The van der Waals surface area contributed by atoms with Crippen molar-refractivity contribution in [3.8, 4) is 0 Å². The van der Waals surface area contributed by atoms with E-state index in [2.05, 4.69) is 5.32 Å². The van der Waals surface area contributed by atoms with Crippen molar-refractivity contribution in [2.75, 3.05) is 11.5 Å². The van der Waals surface area contributed by atoms with Crippen LogP contribution in [0.3, 0.4) is 0 Å². The first-order valence-electron chi connectivity index (χ1n) is 5.28. The molecular formula is C11H11Cl2NO3S. The van der Waals surface area contributed by atoms with Gasteiger partial charge in [0, 0.05) is 10.6 Å². The topological polar surface area (TPSA) is 63.2 Å². The first kappa shape index (κ1) is 13.6. The van der Waals surface area contributed by atoms with Gasteiger partial charge in [0.2, 0.25) is 0 Å². The fraction of sp³-hybridized carbons (Fsp3) is 0.364. The minimum Gasteiger partial charge on any atom is -0.347 e. The Balaban J connectivity index is 2.06. The second kappa shape index (κ2) is 5.07. The third-order valence-corrected chi connectivity index (χ3v) is 5.33. The van der Waals surface area contributed by atoms with Crippen LogP contribution in [0, 0.1) is 0 Å². The van der Waals surface area contributed by atoms with Crippen molar-refractivity contribution in [1.29, 1.82) is 0 Å². The molecule has 1 N–H and O–H groups in total. The van der Waals surface area contributed by atoms with Crippen LogP contribution in [0.4, 0.5) is 0 Å². The number of rotatable bonds is 2. The third kappa shape index (κ3) is 3.16. The molecule has 0 aromatic heterocycles. The van der Waals surface area contributed by atoms with E-state index >= 15 is 0 Å². The van der Waals surface area contributed by atoms with E-state index < -0.39 is 21.3 Å². The molecule has 0 radical (unpaired) electrons. The molecule has 1 aliphatic rings. The SMILES string of the molecule is O=C(N[C@H]1CS(=O)(=O)C[C@@H]1Cl)c1ccc(Cl)cc1. The van der Waals surface area contributed by atoms with E-state index in [1.165, 1.54) is 0 Å². The number of hydrogen-bond donors (Lipinski definition) is 1. The number of hydrogen-bond acceptors (Lipinski definition) is 3. The van der Waals surface area contributed by atoms with Crippen molar-refractivity contribution < 1.29 is 13.2 Å². The van der Waals surface area contributed by atoms with Gasteiger partial charge in [-0.2, -0.15) is 0 Å². The van der Waals surface area contributed by atoms with Gasteiger partial charge in [-0.1, -0.05) is 11.6 Å². The molecule has 1 saturated heterocycles. The van der Waals surface area contributed by atoms with Crippen molar-refractivity contribution in [3.63, 3.8) is 0 Å². The number of nitrogens with one attached hydrogen (secondary N) is 1. The van der Waals surface area contributed by atoms with E-state index in [0.717, 1.165) is 0 Å². The Labute approximate surface area is 115 Å². The van der Waals surface area contributed by atoms with Crippen molar-refractivity contribution >= 4 is 38.9 Å². The lowest BCUT2D eigenvalue weighted by atomic mass is 10.2. The summed E-state index contributed by atoms with van der Waals surface area (Å²) >= 11 is 11.6. The highest BCUT2D eigenvalue weighted by Crippen LogP contribution is 2.18. The molecule has 0 bridgehead atoms. The first-order valence-corrected chi connectivity index (χ1v) is 7.92. The standard InChI is InChI=1S/C11H11Cl2NO3S/c12-8-3-1-7(2-4-8)11(15)14-10-6-18(16,17)5-9(10)13/h1-4,9-10H,5-6H2,(H,14,15)/t9-,10-/m0/s1. The van der Waals surface area contributed by atoms with Gasteiger partial charge in [0.1, 0.15) is 0 Å². The second-order valence-electron chi connectivity index (χ2n) is 4.18. The van der Waals surface area contributed by atoms with Crippen molar-refractivity contribution in [3.05, 3.63) is 34.9 Å². The molecule has 1 aromatic carbocycles. The monoisotopic (exact) mass is 307 g/mol. The Morgan fingerprint density at radius 2 is 1.83 bits per heavy atom. The van der Waals surface area contributed by atoms with E-state index in [-0.39, 0.29) is 17.4 Å². The number of carbonyl (C=O) groups is 1. The molecule has 0 aliphatic carbocycles. The van der Waals surface area contributed by atoms with Gasteiger partial charge in [-0.3, -0.25) is 4.79 Å². The summed E-state index contributed by atoms with van der Waals surface area (Å²) < 4.78 is 22.7. The van der Waals surface area contributed by atoms with Gasteiger partial charge in [-0.25, -0.2) is 8.42 Å². The van der Waals surface area contributed by atoms with Crippen LogP contribution in [0.5, 0.6) is 0 Å². The Bertz CT molecular complexity index is 556. The fourth-order valence-electron chi connectivity index (χ4n) is 1.79. The number of benzene rings is 1.